The van der Waals surface area contributed by atoms with Crippen molar-refractivity contribution in [2.45, 2.75) is 26.3 Å². The smallest absolute Gasteiger partial charge is 0.0366 e. The predicted molar refractivity (Wildman–Crippen MR) is 75.0 cm³/mol. The highest BCUT2D eigenvalue weighted by Gasteiger charge is 2.01. The fourth-order valence-electron chi connectivity index (χ4n) is 1.98. The van der Waals surface area contributed by atoms with Gasteiger partial charge < -0.3 is 11.1 Å². The molecule has 2 rings (SSSR count). The van der Waals surface area contributed by atoms with E-state index in [-0.39, 0.29) is 0 Å². The number of nitrogen functional groups attached to an aromatic ring is 1. The van der Waals surface area contributed by atoms with E-state index >= 15 is 0 Å². The molecule has 0 saturated heterocycles. The number of anilines is 1. The number of fused-ring (bicyclic) bond motifs is 1. The van der Waals surface area contributed by atoms with Gasteiger partial charge >= 0.3 is 0 Å². The number of nitrogens with one attached hydrogen (secondary N) is 1. The minimum Gasteiger partial charge on any atom is -0.398 e. The zero-order valence-corrected chi connectivity index (χ0v) is 10.4. The maximum atomic E-state index is 6.06. The predicted octanol–water partition coefficient (Wildman–Crippen LogP) is 3.31. The topological polar surface area (TPSA) is 38.0 Å². The Kier molecular flexibility index (Phi) is 3.99. The minimum absolute atomic E-state index is 0.858. The Bertz CT molecular complexity index is 491. The van der Waals surface area contributed by atoms with E-state index in [0.29, 0.717) is 0 Å². The van der Waals surface area contributed by atoms with E-state index in [1.54, 1.807) is 0 Å². The van der Waals surface area contributed by atoms with Gasteiger partial charge in [-0.1, -0.05) is 37.6 Å². The SMILES string of the molecule is CCCCNCc1cc2ccccc2cc1N. The molecule has 0 saturated carbocycles. The Morgan fingerprint density at radius 2 is 1.82 bits per heavy atom. The van der Waals surface area contributed by atoms with Crippen molar-refractivity contribution < 1.29 is 0 Å². The molecule has 0 aliphatic carbocycles. The average Bonchev–Trinajstić information content (AvgIpc) is 2.35. The fraction of sp³-hybridized carbons (Fsp3) is 0.333. The van der Waals surface area contributed by atoms with Gasteiger partial charge in [-0.3, -0.25) is 0 Å². The molecule has 2 nitrogen and oxygen atoms in total. The summed E-state index contributed by atoms with van der Waals surface area (Å²) < 4.78 is 0. The lowest BCUT2D eigenvalue weighted by atomic mass is 10.1. The number of hydrogen-bond donors (Lipinski definition) is 2. The van der Waals surface area contributed by atoms with E-state index < -0.39 is 0 Å². The van der Waals surface area contributed by atoms with E-state index in [1.165, 1.54) is 29.2 Å². The van der Waals surface area contributed by atoms with Gasteiger partial charge in [-0.2, -0.15) is 0 Å². The summed E-state index contributed by atoms with van der Waals surface area (Å²) in [6.07, 6.45) is 2.44. The molecular weight excluding hydrogens is 208 g/mol. The molecule has 0 spiro atoms. The summed E-state index contributed by atoms with van der Waals surface area (Å²) in [5.41, 5.74) is 8.14. The summed E-state index contributed by atoms with van der Waals surface area (Å²) >= 11 is 0. The summed E-state index contributed by atoms with van der Waals surface area (Å²) in [6, 6.07) is 12.6. The molecule has 0 aliphatic heterocycles. The first-order chi connectivity index (χ1) is 8.31. The second-order valence-electron chi connectivity index (χ2n) is 4.43. The van der Waals surface area contributed by atoms with Crippen molar-refractivity contribution in [3.63, 3.8) is 0 Å². The molecule has 2 heteroatoms. The second kappa shape index (κ2) is 5.69. The van der Waals surface area contributed by atoms with E-state index in [4.69, 9.17) is 5.73 Å². The van der Waals surface area contributed by atoms with Crippen LogP contribution in [0.1, 0.15) is 25.3 Å². The van der Waals surface area contributed by atoms with Crippen LogP contribution in [0.3, 0.4) is 0 Å². The third-order valence-corrected chi connectivity index (χ3v) is 3.03. The zero-order valence-electron chi connectivity index (χ0n) is 10.4. The molecule has 17 heavy (non-hydrogen) atoms. The highest BCUT2D eigenvalue weighted by atomic mass is 14.8. The summed E-state index contributed by atoms with van der Waals surface area (Å²) in [5.74, 6) is 0. The molecule has 0 atom stereocenters. The third-order valence-electron chi connectivity index (χ3n) is 3.03. The summed E-state index contributed by atoms with van der Waals surface area (Å²) in [7, 11) is 0. The van der Waals surface area contributed by atoms with Crippen molar-refractivity contribution in [1.29, 1.82) is 0 Å². The Morgan fingerprint density at radius 3 is 2.53 bits per heavy atom. The van der Waals surface area contributed by atoms with Crippen molar-refractivity contribution in [2.24, 2.45) is 0 Å². The zero-order chi connectivity index (χ0) is 12.1. The molecule has 0 fully saturated rings. The molecule has 2 aromatic rings. The lowest BCUT2D eigenvalue weighted by molar-refractivity contribution is 0.642. The summed E-state index contributed by atoms with van der Waals surface area (Å²) in [4.78, 5) is 0. The van der Waals surface area contributed by atoms with E-state index in [1.807, 2.05) is 6.07 Å². The number of hydrogen-bond acceptors (Lipinski definition) is 2. The third kappa shape index (κ3) is 2.98. The first kappa shape index (κ1) is 11.9. The standard InChI is InChI=1S/C15H20N2/c1-2-3-8-17-11-14-9-12-6-4-5-7-13(12)10-15(14)16/h4-7,9-10,17H,2-3,8,11,16H2,1H3. The lowest BCUT2D eigenvalue weighted by Gasteiger charge is -2.09. The Balaban J connectivity index is 2.14. The van der Waals surface area contributed by atoms with Crippen LogP contribution in [-0.4, -0.2) is 6.54 Å². The first-order valence-corrected chi connectivity index (χ1v) is 6.29. The molecule has 0 radical (unpaired) electrons. The maximum Gasteiger partial charge on any atom is 0.0366 e. The van der Waals surface area contributed by atoms with Crippen molar-refractivity contribution in [3.8, 4) is 0 Å². The van der Waals surface area contributed by atoms with Gasteiger partial charge in [0, 0.05) is 12.2 Å². The van der Waals surface area contributed by atoms with Gasteiger partial charge in [0.05, 0.1) is 0 Å². The molecule has 0 unspecified atom stereocenters. The highest BCUT2D eigenvalue weighted by molar-refractivity contribution is 5.86. The van der Waals surface area contributed by atoms with E-state index in [9.17, 15) is 0 Å². The molecule has 90 valence electrons. The number of rotatable bonds is 5. The molecule has 0 amide bonds. The summed E-state index contributed by atoms with van der Waals surface area (Å²) in [5, 5.41) is 5.90. The second-order valence-corrected chi connectivity index (χ2v) is 4.43. The van der Waals surface area contributed by atoms with Gasteiger partial charge in [0.2, 0.25) is 0 Å². The Morgan fingerprint density at radius 1 is 1.12 bits per heavy atom. The molecule has 3 N–H and O–H groups in total. The normalized spacial score (nSPS) is 10.9. The van der Waals surface area contributed by atoms with E-state index in [2.05, 4.69) is 42.6 Å². The molecule has 0 bridgehead atoms. The van der Waals surface area contributed by atoms with Gasteiger partial charge in [-0.05, 0) is 41.4 Å². The largest absolute Gasteiger partial charge is 0.398 e. The monoisotopic (exact) mass is 228 g/mol. The lowest BCUT2D eigenvalue weighted by Crippen LogP contribution is -2.15. The molecule has 0 aromatic heterocycles. The van der Waals surface area contributed by atoms with Crippen LogP contribution in [-0.2, 0) is 6.54 Å². The van der Waals surface area contributed by atoms with Crippen molar-refractivity contribution in [2.75, 3.05) is 12.3 Å². The maximum absolute atomic E-state index is 6.06. The molecule has 0 heterocycles. The highest BCUT2D eigenvalue weighted by Crippen LogP contribution is 2.21. The average molecular weight is 228 g/mol. The van der Waals surface area contributed by atoms with Gasteiger partial charge in [0.25, 0.3) is 0 Å². The van der Waals surface area contributed by atoms with Crippen LogP contribution in [0.15, 0.2) is 36.4 Å². The number of benzene rings is 2. The van der Waals surface area contributed by atoms with Gasteiger partial charge in [0.1, 0.15) is 0 Å². The number of unbranched alkanes of at least 4 members (excludes halogenated alkanes) is 1. The van der Waals surface area contributed by atoms with Crippen LogP contribution in [0, 0.1) is 0 Å². The van der Waals surface area contributed by atoms with E-state index in [0.717, 1.165) is 18.8 Å². The van der Waals surface area contributed by atoms with Crippen LogP contribution in [0.4, 0.5) is 5.69 Å². The van der Waals surface area contributed by atoms with Crippen LogP contribution in [0.5, 0.6) is 0 Å². The Labute approximate surface area is 103 Å². The van der Waals surface area contributed by atoms with Crippen LogP contribution >= 0.6 is 0 Å². The van der Waals surface area contributed by atoms with Crippen molar-refractivity contribution in [1.82, 2.24) is 5.32 Å². The summed E-state index contributed by atoms with van der Waals surface area (Å²) in [6.45, 7) is 4.12. The first-order valence-electron chi connectivity index (χ1n) is 6.29. The van der Waals surface area contributed by atoms with Gasteiger partial charge in [-0.15, -0.1) is 0 Å². The molecule has 2 aromatic carbocycles. The van der Waals surface area contributed by atoms with Crippen molar-refractivity contribution >= 4 is 16.5 Å². The van der Waals surface area contributed by atoms with Crippen LogP contribution in [0.25, 0.3) is 10.8 Å². The Hall–Kier alpha value is -1.54. The van der Waals surface area contributed by atoms with Crippen LogP contribution < -0.4 is 11.1 Å². The number of nitrogens with two attached hydrogens (primary N) is 1. The van der Waals surface area contributed by atoms with Gasteiger partial charge in [0.15, 0.2) is 0 Å². The van der Waals surface area contributed by atoms with Crippen LogP contribution in [0.2, 0.25) is 0 Å². The minimum atomic E-state index is 0.858. The molecular formula is C15H20N2. The van der Waals surface area contributed by atoms with Crippen molar-refractivity contribution in [3.05, 3.63) is 42.0 Å². The van der Waals surface area contributed by atoms with Gasteiger partial charge in [-0.25, -0.2) is 0 Å². The molecule has 0 aliphatic rings. The quantitative estimate of drug-likeness (QED) is 0.608. The fourth-order valence-corrected chi connectivity index (χ4v) is 1.98.